The molecule has 0 saturated heterocycles. The van der Waals surface area contributed by atoms with Crippen LogP contribution < -0.4 is 5.32 Å². The number of alkyl carbamates (subject to hydrolysis) is 1. The standard InChI is InChI=1S/C18H26N2O3/c1-13-6-5-7-14(10-13)12-20(15-8-9-15)16(21)11-19-17(22)23-18(2,3)4/h5-7,10,15H,8-9,11-12H2,1-4H3,(H,19,22). The number of carbonyl (C=O) groups excluding carboxylic acids is 2. The van der Waals surface area contributed by atoms with Gasteiger partial charge in [0.05, 0.1) is 0 Å². The Kier molecular flexibility index (Phi) is 5.29. The Morgan fingerprint density at radius 2 is 2.00 bits per heavy atom. The molecule has 2 amide bonds. The third kappa shape index (κ3) is 5.93. The third-order valence-corrected chi connectivity index (χ3v) is 3.53. The van der Waals surface area contributed by atoms with E-state index in [-0.39, 0.29) is 12.5 Å². The number of hydrogen-bond donors (Lipinski definition) is 1. The number of hydrogen-bond acceptors (Lipinski definition) is 3. The van der Waals surface area contributed by atoms with Gasteiger partial charge in [0.2, 0.25) is 5.91 Å². The number of rotatable bonds is 5. The van der Waals surface area contributed by atoms with Gasteiger partial charge in [0.15, 0.2) is 0 Å². The molecule has 1 saturated carbocycles. The van der Waals surface area contributed by atoms with E-state index in [1.165, 1.54) is 5.56 Å². The van der Waals surface area contributed by atoms with E-state index in [1.807, 2.05) is 30.0 Å². The molecule has 2 rings (SSSR count). The summed E-state index contributed by atoms with van der Waals surface area (Å²) in [4.78, 5) is 26.0. The maximum Gasteiger partial charge on any atom is 0.408 e. The molecule has 0 unspecified atom stereocenters. The van der Waals surface area contributed by atoms with Crippen LogP contribution in [0, 0.1) is 6.92 Å². The zero-order chi connectivity index (χ0) is 17.0. The normalized spacial score (nSPS) is 14.3. The van der Waals surface area contributed by atoms with Crippen molar-refractivity contribution in [2.75, 3.05) is 6.54 Å². The molecule has 0 heterocycles. The van der Waals surface area contributed by atoms with Crippen LogP contribution in [-0.2, 0) is 16.1 Å². The number of nitrogens with zero attached hydrogens (tertiary/aromatic N) is 1. The van der Waals surface area contributed by atoms with Gasteiger partial charge in [-0.15, -0.1) is 0 Å². The molecule has 1 fully saturated rings. The Balaban J connectivity index is 1.90. The fourth-order valence-corrected chi connectivity index (χ4v) is 2.38. The van der Waals surface area contributed by atoms with E-state index in [9.17, 15) is 9.59 Å². The lowest BCUT2D eigenvalue weighted by Crippen LogP contribution is -2.42. The quantitative estimate of drug-likeness (QED) is 0.908. The fourth-order valence-electron chi connectivity index (χ4n) is 2.38. The molecular weight excluding hydrogens is 292 g/mol. The second-order valence-electron chi connectivity index (χ2n) is 7.10. The Morgan fingerprint density at radius 1 is 1.30 bits per heavy atom. The first-order chi connectivity index (χ1) is 10.7. The highest BCUT2D eigenvalue weighted by Crippen LogP contribution is 2.28. The second kappa shape index (κ2) is 7.02. The van der Waals surface area contributed by atoms with Crippen molar-refractivity contribution >= 4 is 12.0 Å². The maximum absolute atomic E-state index is 12.4. The summed E-state index contributed by atoms with van der Waals surface area (Å²) in [6.07, 6.45) is 1.51. The highest BCUT2D eigenvalue weighted by atomic mass is 16.6. The van der Waals surface area contributed by atoms with Crippen molar-refractivity contribution in [1.29, 1.82) is 0 Å². The van der Waals surface area contributed by atoms with Crippen LogP contribution in [0.5, 0.6) is 0 Å². The Hall–Kier alpha value is -2.04. The van der Waals surface area contributed by atoms with E-state index in [2.05, 4.69) is 11.4 Å². The van der Waals surface area contributed by atoms with Gasteiger partial charge in [0.1, 0.15) is 12.1 Å². The first-order valence-corrected chi connectivity index (χ1v) is 8.06. The minimum Gasteiger partial charge on any atom is -0.444 e. The monoisotopic (exact) mass is 318 g/mol. The van der Waals surface area contributed by atoms with Crippen LogP contribution in [-0.4, -0.2) is 35.1 Å². The highest BCUT2D eigenvalue weighted by molar-refractivity contribution is 5.82. The van der Waals surface area contributed by atoms with Gasteiger partial charge in [-0.25, -0.2) is 4.79 Å². The highest BCUT2D eigenvalue weighted by Gasteiger charge is 2.32. The summed E-state index contributed by atoms with van der Waals surface area (Å²) in [6, 6.07) is 8.44. The molecule has 5 heteroatoms. The van der Waals surface area contributed by atoms with E-state index < -0.39 is 11.7 Å². The molecule has 1 aliphatic rings. The van der Waals surface area contributed by atoms with Gasteiger partial charge in [-0.05, 0) is 46.1 Å². The molecule has 5 nitrogen and oxygen atoms in total. The van der Waals surface area contributed by atoms with Crippen molar-refractivity contribution in [1.82, 2.24) is 10.2 Å². The summed E-state index contributed by atoms with van der Waals surface area (Å²) in [5.41, 5.74) is 1.73. The van der Waals surface area contributed by atoms with Crippen molar-refractivity contribution in [3.63, 3.8) is 0 Å². The van der Waals surface area contributed by atoms with Crippen LogP contribution in [0.1, 0.15) is 44.7 Å². The molecule has 126 valence electrons. The Bertz CT molecular complexity index is 574. The molecule has 0 aliphatic heterocycles. The molecule has 0 spiro atoms. The lowest BCUT2D eigenvalue weighted by molar-refractivity contribution is -0.131. The lowest BCUT2D eigenvalue weighted by Gasteiger charge is -2.24. The summed E-state index contributed by atoms with van der Waals surface area (Å²) in [5.74, 6) is -0.0696. The largest absolute Gasteiger partial charge is 0.444 e. The second-order valence-corrected chi connectivity index (χ2v) is 7.10. The molecule has 1 aromatic rings. The number of nitrogens with one attached hydrogen (secondary N) is 1. The number of benzene rings is 1. The van der Waals surface area contributed by atoms with Crippen molar-refractivity contribution in [3.8, 4) is 0 Å². The van der Waals surface area contributed by atoms with Gasteiger partial charge in [0, 0.05) is 12.6 Å². The van der Waals surface area contributed by atoms with Crippen molar-refractivity contribution in [2.24, 2.45) is 0 Å². The average molecular weight is 318 g/mol. The molecule has 1 N–H and O–H groups in total. The van der Waals surface area contributed by atoms with E-state index in [1.54, 1.807) is 20.8 Å². The van der Waals surface area contributed by atoms with Crippen molar-refractivity contribution < 1.29 is 14.3 Å². The van der Waals surface area contributed by atoms with Gasteiger partial charge in [-0.3, -0.25) is 4.79 Å². The van der Waals surface area contributed by atoms with E-state index in [4.69, 9.17) is 4.74 Å². The number of ether oxygens (including phenoxy) is 1. The van der Waals surface area contributed by atoms with Gasteiger partial charge in [-0.1, -0.05) is 29.8 Å². The molecule has 0 atom stereocenters. The lowest BCUT2D eigenvalue weighted by atomic mass is 10.1. The average Bonchev–Trinajstić information content (AvgIpc) is 3.25. The van der Waals surface area contributed by atoms with Crippen molar-refractivity contribution in [2.45, 2.75) is 58.7 Å². The zero-order valence-corrected chi connectivity index (χ0v) is 14.4. The zero-order valence-electron chi connectivity index (χ0n) is 14.4. The minimum absolute atomic E-state index is 0.0305. The Morgan fingerprint density at radius 3 is 2.57 bits per heavy atom. The minimum atomic E-state index is -0.565. The van der Waals surface area contributed by atoms with E-state index in [0.29, 0.717) is 12.6 Å². The summed E-state index contributed by atoms with van der Waals surface area (Å²) >= 11 is 0. The summed E-state index contributed by atoms with van der Waals surface area (Å²) in [6.45, 7) is 7.98. The predicted molar refractivity (Wildman–Crippen MR) is 89.0 cm³/mol. The van der Waals surface area contributed by atoms with E-state index in [0.717, 1.165) is 18.4 Å². The predicted octanol–water partition coefficient (Wildman–Crippen LogP) is 3.01. The smallest absolute Gasteiger partial charge is 0.408 e. The molecular formula is C18H26N2O3. The van der Waals surface area contributed by atoms with Crippen LogP contribution in [0.2, 0.25) is 0 Å². The van der Waals surface area contributed by atoms with Crippen LogP contribution in [0.15, 0.2) is 24.3 Å². The van der Waals surface area contributed by atoms with Crippen LogP contribution in [0.4, 0.5) is 4.79 Å². The molecule has 0 radical (unpaired) electrons. The van der Waals surface area contributed by atoms with Gasteiger partial charge < -0.3 is 15.0 Å². The molecule has 23 heavy (non-hydrogen) atoms. The van der Waals surface area contributed by atoms with Crippen LogP contribution in [0.3, 0.4) is 0 Å². The molecule has 1 aromatic carbocycles. The maximum atomic E-state index is 12.4. The molecule has 0 bridgehead atoms. The third-order valence-electron chi connectivity index (χ3n) is 3.53. The van der Waals surface area contributed by atoms with E-state index >= 15 is 0 Å². The fraction of sp³-hybridized carbons (Fsp3) is 0.556. The molecule has 1 aliphatic carbocycles. The van der Waals surface area contributed by atoms with Gasteiger partial charge in [0.25, 0.3) is 0 Å². The molecule has 0 aromatic heterocycles. The van der Waals surface area contributed by atoms with Gasteiger partial charge in [-0.2, -0.15) is 0 Å². The summed E-state index contributed by atoms with van der Waals surface area (Å²) < 4.78 is 5.16. The number of amides is 2. The summed E-state index contributed by atoms with van der Waals surface area (Å²) in [7, 11) is 0. The topological polar surface area (TPSA) is 58.6 Å². The van der Waals surface area contributed by atoms with Gasteiger partial charge >= 0.3 is 6.09 Å². The number of carbonyl (C=O) groups is 2. The first-order valence-electron chi connectivity index (χ1n) is 8.06. The number of aryl methyl sites for hydroxylation is 1. The first kappa shape index (κ1) is 17.3. The summed E-state index contributed by atoms with van der Waals surface area (Å²) in [5, 5.41) is 2.55. The SMILES string of the molecule is Cc1cccc(CN(C(=O)CNC(=O)OC(C)(C)C)C2CC2)c1. The Labute approximate surface area is 138 Å². The van der Waals surface area contributed by atoms with Crippen LogP contribution >= 0.6 is 0 Å². The van der Waals surface area contributed by atoms with Crippen LogP contribution in [0.25, 0.3) is 0 Å². The van der Waals surface area contributed by atoms with Crippen molar-refractivity contribution in [3.05, 3.63) is 35.4 Å².